The molecule has 178 valence electrons. The van der Waals surface area contributed by atoms with Gasteiger partial charge in [0.05, 0.1) is 17.8 Å². The van der Waals surface area contributed by atoms with Gasteiger partial charge in [-0.05, 0) is 80.6 Å². The molecule has 0 amide bonds. The van der Waals surface area contributed by atoms with Crippen molar-refractivity contribution in [2.45, 2.75) is 44.4 Å². The Balaban J connectivity index is 1.08. The van der Waals surface area contributed by atoms with Crippen molar-refractivity contribution in [1.82, 2.24) is 4.90 Å². The van der Waals surface area contributed by atoms with E-state index in [4.69, 9.17) is 4.74 Å². The van der Waals surface area contributed by atoms with Gasteiger partial charge < -0.3 is 15.0 Å². The highest BCUT2D eigenvalue weighted by atomic mass is 19.4. The summed E-state index contributed by atoms with van der Waals surface area (Å²) in [7, 11) is 0. The lowest BCUT2D eigenvalue weighted by atomic mass is 9.90. The zero-order chi connectivity index (χ0) is 23.0. The summed E-state index contributed by atoms with van der Waals surface area (Å²) in [5, 5.41) is 3.64. The number of nitrogens with one attached hydrogen (secondary N) is 1. The van der Waals surface area contributed by atoms with E-state index in [2.05, 4.69) is 21.2 Å². The van der Waals surface area contributed by atoms with E-state index >= 15 is 0 Å². The van der Waals surface area contributed by atoms with Crippen LogP contribution in [-0.2, 0) is 12.6 Å². The Morgan fingerprint density at radius 3 is 2.67 bits per heavy atom. The molecule has 0 radical (unpaired) electrons. The third-order valence-corrected chi connectivity index (χ3v) is 7.08. The molecule has 1 saturated heterocycles. The number of piperidine rings is 1. The monoisotopic (exact) mass is 463 g/mol. The van der Waals surface area contributed by atoms with Gasteiger partial charge in [-0.1, -0.05) is 12.5 Å². The summed E-state index contributed by atoms with van der Waals surface area (Å²) in [4.78, 5) is 4.91. The van der Waals surface area contributed by atoms with E-state index in [0.717, 1.165) is 69.4 Å². The van der Waals surface area contributed by atoms with Crippen LogP contribution in [0.5, 0.6) is 5.75 Å². The first-order valence-electron chi connectivity index (χ1n) is 11.7. The minimum absolute atomic E-state index is 0.248. The van der Waals surface area contributed by atoms with Crippen LogP contribution in [0.25, 0.3) is 0 Å². The highest BCUT2D eigenvalue weighted by Gasteiger charge is 2.35. The molecule has 0 aromatic heterocycles. The lowest BCUT2D eigenvalue weighted by molar-refractivity contribution is -0.137. The molecule has 0 bridgehead atoms. The quantitative estimate of drug-likeness (QED) is 0.570. The second-order valence-corrected chi connectivity index (χ2v) is 9.34. The topological polar surface area (TPSA) is 27.7 Å². The number of anilines is 2. The largest absolute Gasteiger partial charge is 0.489 e. The summed E-state index contributed by atoms with van der Waals surface area (Å²) in [5.41, 5.74) is 1.84. The Bertz CT molecular complexity index is 988. The minimum Gasteiger partial charge on any atom is -0.489 e. The number of para-hydroxylation sites is 1. The fourth-order valence-corrected chi connectivity index (χ4v) is 5.39. The number of hydrogen-bond donors (Lipinski definition) is 1. The van der Waals surface area contributed by atoms with Crippen molar-refractivity contribution < 1.29 is 22.3 Å². The number of likely N-dealkylation sites (tertiary alicyclic amines) is 1. The van der Waals surface area contributed by atoms with Crippen LogP contribution >= 0.6 is 0 Å². The molecule has 0 aliphatic carbocycles. The number of rotatable bonds is 6. The molecule has 1 atom stereocenters. The first-order valence-corrected chi connectivity index (χ1v) is 11.7. The summed E-state index contributed by atoms with van der Waals surface area (Å²) in [6.45, 7) is 4.58. The third kappa shape index (κ3) is 4.90. The molecule has 33 heavy (non-hydrogen) atoms. The van der Waals surface area contributed by atoms with Gasteiger partial charge in [0, 0.05) is 6.54 Å². The standard InChI is InChI=1S/C25H29F4N3O/c26-20-14-18(13-19(15-20)25(27,28)29)4-1-3-17-7-9-31(10-8-17)16-23-30-21-5-2-6-22-24(21)32(23)11-12-33-22/h2,5-6,13-15,17,23,30H,1,3-4,7-12,16H2. The number of halogens is 4. The van der Waals surface area contributed by atoms with Gasteiger partial charge in [0.1, 0.15) is 30.0 Å². The van der Waals surface area contributed by atoms with Crippen LogP contribution < -0.4 is 15.0 Å². The van der Waals surface area contributed by atoms with Gasteiger partial charge in [-0.15, -0.1) is 0 Å². The van der Waals surface area contributed by atoms with E-state index < -0.39 is 17.6 Å². The molecular weight excluding hydrogens is 434 g/mol. The fraction of sp³-hybridized carbons (Fsp3) is 0.520. The molecule has 5 rings (SSSR count). The van der Waals surface area contributed by atoms with Crippen molar-refractivity contribution in [3.63, 3.8) is 0 Å². The smallest absolute Gasteiger partial charge is 0.416 e. The van der Waals surface area contributed by atoms with Crippen LogP contribution in [0.1, 0.15) is 36.8 Å². The summed E-state index contributed by atoms with van der Waals surface area (Å²) in [5.74, 6) is 0.705. The van der Waals surface area contributed by atoms with Crippen molar-refractivity contribution in [2.24, 2.45) is 5.92 Å². The lowest BCUT2D eigenvalue weighted by Gasteiger charge is -2.37. The second-order valence-electron chi connectivity index (χ2n) is 9.34. The highest BCUT2D eigenvalue weighted by Crippen LogP contribution is 2.44. The average molecular weight is 464 g/mol. The van der Waals surface area contributed by atoms with Gasteiger partial charge in [0.15, 0.2) is 0 Å². The number of nitrogens with zero attached hydrogens (tertiary/aromatic N) is 2. The molecule has 1 unspecified atom stereocenters. The molecule has 8 heteroatoms. The molecule has 3 aliphatic heterocycles. The van der Waals surface area contributed by atoms with Crippen LogP contribution in [-0.4, -0.2) is 43.9 Å². The molecule has 0 saturated carbocycles. The average Bonchev–Trinajstić information content (AvgIpc) is 3.13. The second kappa shape index (κ2) is 9.05. The zero-order valence-electron chi connectivity index (χ0n) is 18.5. The highest BCUT2D eigenvalue weighted by molar-refractivity contribution is 5.82. The van der Waals surface area contributed by atoms with Crippen molar-refractivity contribution in [3.8, 4) is 5.75 Å². The Hall–Kier alpha value is -2.48. The Kier molecular flexibility index (Phi) is 6.12. The molecule has 3 heterocycles. The van der Waals surface area contributed by atoms with Gasteiger partial charge in [0.25, 0.3) is 0 Å². The molecule has 1 fully saturated rings. The maximum absolute atomic E-state index is 13.6. The molecular formula is C25H29F4N3O. The maximum atomic E-state index is 13.6. The van der Waals surface area contributed by atoms with Crippen LogP contribution in [0.3, 0.4) is 0 Å². The number of alkyl halides is 3. The maximum Gasteiger partial charge on any atom is 0.416 e. The zero-order valence-corrected chi connectivity index (χ0v) is 18.5. The molecule has 2 aromatic rings. The first-order chi connectivity index (χ1) is 15.9. The predicted octanol–water partition coefficient (Wildman–Crippen LogP) is 5.53. The minimum atomic E-state index is -4.51. The number of aryl methyl sites for hydroxylation is 1. The van der Waals surface area contributed by atoms with Gasteiger partial charge in [-0.2, -0.15) is 13.2 Å². The molecule has 0 spiro atoms. The fourth-order valence-electron chi connectivity index (χ4n) is 5.39. The Morgan fingerprint density at radius 1 is 1.06 bits per heavy atom. The van der Waals surface area contributed by atoms with Crippen LogP contribution in [0, 0.1) is 11.7 Å². The van der Waals surface area contributed by atoms with Gasteiger partial charge in [-0.25, -0.2) is 4.39 Å². The molecule has 1 N–H and O–H groups in total. The summed E-state index contributed by atoms with van der Waals surface area (Å²) < 4.78 is 58.1. The normalized spacial score (nSPS) is 21.0. The van der Waals surface area contributed by atoms with Crippen molar-refractivity contribution in [3.05, 3.63) is 53.3 Å². The lowest BCUT2D eigenvalue weighted by Crippen LogP contribution is -2.49. The Labute approximate surface area is 191 Å². The molecule has 4 nitrogen and oxygen atoms in total. The van der Waals surface area contributed by atoms with Crippen molar-refractivity contribution in [1.29, 1.82) is 0 Å². The number of hydrogen-bond acceptors (Lipinski definition) is 4. The van der Waals surface area contributed by atoms with Crippen LogP contribution in [0.4, 0.5) is 28.9 Å². The van der Waals surface area contributed by atoms with E-state index in [1.54, 1.807) is 0 Å². The van der Waals surface area contributed by atoms with Crippen LogP contribution in [0.15, 0.2) is 36.4 Å². The third-order valence-electron chi connectivity index (χ3n) is 7.08. The SMILES string of the molecule is Fc1cc(CCCC2CCN(CC3Nc4cccc5c4N3CCO5)CC2)cc(C(F)(F)F)c1. The van der Waals surface area contributed by atoms with Crippen molar-refractivity contribution >= 4 is 11.4 Å². The first kappa shape index (κ1) is 22.3. The summed E-state index contributed by atoms with van der Waals surface area (Å²) >= 11 is 0. The van der Waals surface area contributed by atoms with Crippen LogP contribution in [0.2, 0.25) is 0 Å². The molecule has 3 aliphatic rings. The summed E-state index contributed by atoms with van der Waals surface area (Å²) in [6, 6.07) is 9.01. The molecule has 2 aromatic carbocycles. The van der Waals surface area contributed by atoms with E-state index in [0.29, 0.717) is 30.6 Å². The van der Waals surface area contributed by atoms with E-state index in [-0.39, 0.29) is 6.17 Å². The van der Waals surface area contributed by atoms with Gasteiger partial charge >= 0.3 is 6.18 Å². The van der Waals surface area contributed by atoms with Gasteiger partial charge in [-0.3, -0.25) is 4.90 Å². The Morgan fingerprint density at radius 2 is 1.88 bits per heavy atom. The summed E-state index contributed by atoms with van der Waals surface area (Å²) in [6.07, 6.45) is 0.132. The van der Waals surface area contributed by atoms with Gasteiger partial charge in [0.2, 0.25) is 0 Å². The van der Waals surface area contributed by atoms with E-state index in [1.165, 1.54) is 11.8 Å². The van der Waals surface area contributed by atoms with Crippen molar-refractivity contribution in [2.75, 3.05) is 43.0 Å². The van der Waals surface area contributed by atoms with E-state index in [1.807, 2.05) is 12.1 Å². The number of benzene rings is 2. The predicted molar refractivity (Wildman–Crippen MR) is 120 cm³/mol. The number of ether oxygens (including phenoxy) is 1. The van der Waals surface area contributed by atoms with E-state index in [9.17, 15) is 17.6 Å².